The van der Waals surface area contributed by atoms with E-state index in [0.29, 0.717) is 25.0 Å². The average molecular weight is 264 g/mol. The number of piperazine rings is 1. The van der Waals surface area contributed by atoms with E-state index in [9.17, 15) is 4.79 Å². The van der Waals surface area contributed by atoms with Gasteiger partial charge in [-0.25, -0.2) is 0 Å². The molecule has 0 aromatic carbocycles. The zero-order valence-corrected chi connectivity index (χ0v) is 12.3. The molecule has 5 nitrogen and oxygen atoms in total. The van der Waals surface area contributed by atoms with Gasteiger partial charge in [-0.15, -0.1) is 0 Å². The normalized spacial score (nSPS) is 16.7. The van der Waals surface area contributed by atoms with Gasteiger partial charge in [0.25, 0.3) is 0 Å². The molecule has 19 heavy (non-hydrogen) atoms. The van der Waals surface area contributed by atoms with Crippen molar-refractivity contribution >= 4 is 5.91 Å². The maximum absolute atomic E-state index is 11.8. The van der Waals surface area contributed by atoms with Crippen molar-refractivity contribution in [1.82, 2.24) is 20.0 Å². The first-order valence-electron chi connectivity index (χ1n) is 7.05. The fourth-order valence-electron chi connectivity index (χ4n) is 2.31. The number of hydrogen-bond acceptors (Lipinski definition) is 3. The van der Waals surface area contributed by atoms with Crippen molar-refractivity contribution in [3.05, 3.63) is 17.5 Å². The minimum Gasteiger partial charge on any atom is -0.334 e. The van der Waals surface area contributed by atoms with Crippen LogP contribution in [-0.2, 0) is 11.3 Å². The third-order valence-corrected chi connectivity index (χ3v) is 3.52. The van der Waals surface area contributed by atoms with Gasteiger partial charge in [0.2, 0.25) is 5.91 Å². The van der Waals surface area contributed by atoms with Gasteiger partial charge in [0.1, 0.15) is 0 Å². The molecule has 0 atom stereocenters. The SMILES string of the molecule is CC(C)c1cn(C(C)C)nc1CN1CCNCC1=O. The summed E-state index contributed by atoms with van der Waals surface area (Å²) < 4.78 is 2.00. The van der Waals surface area contributed by atoms with Gasteiger partial charge in [0, 0.05) is 25.3 Å². The van der Waals surface area contributed by atoms with Crippen LogP contribution < -0.4 is 5.32 Å². The minimum absolute atomic E-state index is 0.167. The number of carbonyl (C=O) groups is 1. The molecule has 1 aliphatic rings. The van der Waals surface area contributed by atoms with Crippen LogP contribution in [-0.4, -0.2) is 40.2 Å². The highest BCUT2D eigenvalue weighted by Gasteiger charge is 2.21. The van der Waals surface area contributed by atoms with Crippen LogP contribution in [0.25, 0.3) is 0 Å². The number of rotatable bonds is 4. The Hall–Kier alpha value is -1.36. The molecule has 1 aromatic heterocycles. The summed E-state index contributed by atoms with van der Waals surface area (Å²) in [5.41, 5.74) is 2.29. The zero-order chi connectivity index (χ0) is 14.0. The standard InChI is InChI=1S/C14H24N4O/c1-10(2)12-8-18(11(3)4)16-13(12)9-17-6-5-15-7-14(17)19/h8,10-11,15H,5-7,9H2,1-4H3. The van der Waals surface area contributed by atoms with Crippen molar-refractivity contribution in [1.29, 1.82) is 0 Å². The fraction of sp³-hybridized carbons (Fsp3) is 0.714. The van der Waals surface area contributed by atoms with E-state index in [4.69, 9.17) is 0 Å². The first kappa shape index (κ1) is 14.1. The molecule has 0 bridgehead atoms. The summed E-state index contributed by atoms with van der Waals surface area (Å²) in [6.07, 6.45) is 2.12. The lowest BCUT2D eigenvalue weighted by Crippen LogP contribution is -2.47. The molecule has 2 rings (SSSR count). The summed E-state index contributed by atoms with van der Waals surface area (Å²) in [5.74, 6) is 0.598. The zero-order valence-electron chi connectivity index (χ0n) is 12.3. The van der Waals surface area contributed by atoms with Crippen molar-refractivity contribution in [3.8, 4) is 0 Å². The number of carbonyl (C=O) groups excluding carboxylic acids is 1. The quantitative estimate of drug-likeness (QED) is 0.897. The molecule has 0 radical (unpaired) electrons. The third-order valence-electron chi connectivity index (χ3n) is 3.52. The Morgan fingerprint density at radius 1 is 1.37 bits per heavy atom. The summed E-state index contributed by atoms with van der Waals surface area (Å²) in [7, 11) is 0. The molecule has 1 amide bonds. The predicted octanol–water partition coefficient (Wildman–Crippen LogP) is 1.52. The Kier molecular flexibility index (Phi) is 4.24. The van der Waals surface area contributed by atoms with E-state index < -0.39 is 0 Å². The Balaban J connectivity index is 2.20. The molecular weight excluding hydrogens is 240 g/mol. The van der Waals surface area contributed by atoms with Crippen molar-refractivity contribution < 1.29 is 4.79 Å². The molecule has 2 heterocycles. The van der Waals surface area contributed by atoms with Gasteiger partial charge in [0.05, 0.1) is 18.8 Å². The van der Waals surface area contributed by atoms with Gasteiger partial charge in [0.15, 0.2) is 0 Å². The molecule has 1 aliphatic heterocycles. The summed E-state index contributed by atoms with van der Waals surface area (Å²) in [6.45, 7) is 11.3. The highest BCUT2D eigenvalue weighted by Crippen LogP contribution is 2.21. The molecule has 0 saturated carbocycles. The monoisotopic (exact) mass is 264 g/mol. The van der Waals surface area contributed by atoms with Crippen LogP contribution in [0.15, 0.2) is 6.20 Å². The summed E-state index contributed by atoms with van der Waals surface area (Å²) in [4.78, 5) is 13.7. The second-order valence-corrected chi connectivity index (χ2v) is 5.75. The summed E-state index contributed by atoms with van der Waals surface area (Å²) in [5, 5.41) is 7.76. The molecule has 5 heteroatoms. The maximum atomic E-state index is 11.8. The van der Waals surface area contributed by atoms with Crippen LogP contribution in [0.1, 0.15) is 50.9 Å². The Bertz CT molecular complexity index is 450. The highest BCUT2D eigenvalue weighted by atomic mass is 16.2. The van der Waals surface area contributed by atoms with Crippen LogP contribution in [0.3, 0.4) is 0 Å². The second kappa shape index (κ2) is 5.74. The van der Waals surface area contributed by atoms with Crippen LogP contribution in [0.4, 0.5) is 0 Å². The summed E-state index contributed by atoms with van der Waals surface area (Å²) >= 11 is 0. The third kappa shape index (κ3) is 3.15. The highest BCUT2D eigenvalue weighted by molar-refractivity contribution is 5.78. The summed E-state index contributed by atoms with van der Waals surface area (Å²) in [6, 6.07) is 0.352. The van der Waals surface area contributed by atoms with Crippen molar-refractivity contribution in [2.45, 2.75) is 46.2 Å². The molecule has 1 aromatic rings. The second-order valence-electron chi connectivity index (χ2n) is 5.75. The van der Waals surface area contributed by atoms with Gasteiger partial charge in [-0.1, -0.05) is 13.8 Å². The Morgan fingerprint density at radius 2 is 2.11 bits per heavy atom. The van der Waals surface area contributed by atoms with Gasteiger partial charge in [-0.3, -0.25) is 9.48 Å². The lowest BCUT2D eigenvalue weighted by atomic mass is 10.0. The van der Waals surface area contributed by atoms with Crippen LogP contribution in [0.5, 0.6) is 0 Å². The van der Waals surface area contributed by atoms with Crippen LogP contribution in [0, 0.1) is 0 Å². The van der Waals surface area contributed by atoms with Gasteiger partial charge < -0.3 is 10.2 Å². The minimum atomic E-state index is 0.167. The topological polar surface area (TPSA) is 50.2 Å². The largest absolute Gasteiger partial charge is 0.334 e. The number of amides is 1. The number of nitrogens with one attached hydrogen (secondary N) is 1. The molecule has 0 unspecified atom stereocenters. The molecule has 106 valence electrons. The smallest absolute Gasteiger partial charge is 0.236 e. The van der Waals surface area contributed by atoms with Gasteiger partial charge >= 0.3 is 0 Å². The molecule has 1 N–H and O–H groups in total. The first-order valence-corrected chi connectivity index (χ1v) is 7.05. The van der Waals surface area contributed by atoms with E-state index in [1.54, 1.807) is 0 Å². The van der Waals surface area contributed by atoms with Crippen LogP contribution >= 0.6 is 0 Å². The van der Waals surface area contributed by atoms with Crippen LogP contribution in [0.2, 0.25) is 0 Å². The number of hydrogen-bond donors (Lipinski definition) is 1. The lowest BCUT2D eigenvalue weighted by molar-refractivity contribution is -0.132. The van der Waals surface area contributed by atoms with E-state index >= 15 is 0 Å². The molecule has 0 spiro atoms. The van der Waals surface area contributed by atoms with E-state index in [2.05, 4.69) is 44.3 Å². The molecule has 1 fully saturated rings. The number of nitrogens with zero attached hydrogens (tertiary/aromatic N) is 3. The van der Waals surface area contributed by atoms with Crippen molar-refractivity contribution in [3.63, 3.8) is 0 Å². The number of aromatic nitrogens is 2. The van der Waals surface area contributed by atoms with E-state index in [1.807, 2.05) is 9.58 Å². The van der Waals surface area contributed by atoms with Crippen molar-refractivity contribution in [2.75, 3.05) is 19.6 Å². The Morgan fingerprint density at radius 3 is 2.68 bits per heavy atom. The van der Waals surface area contributed by atoms with E-state index in [1.165, 1.54) is 5.56 Å². The van der Waals surface area contributed by atoms with E-state index in [-0.39, 0.29) is 5.91 Å². The Labute approximate surface area is 115 Å². The average Bonchev–Trinajstić information content (AvgIpc) is 2.76. The van der Waals surface area contributed by atoms with Gasteiger partial charge in [-0.2, -0.15) is 5.10 Å². The predicted molar refractivity (Wildman–Crippen MR) is 75.0 cm³/mol. The lowest BCUT2D eigenvalue weighted by Gasteiger charge is -2.27. The maximum Gasteiger partial charge on any atom is 0.236 e. The van der Waals surface area contributed by atoms with Crippen molar-refractivity contribution in [2.24, 2.45) is 0 Å². The molecular formula is C14H24N4O. The fourth-order valence-corrected chi connectivity index (χ4v) is 2.31. The van der Waals surface area contributed by atoms with E-state index in [0.717, 1.165) is 18.8 Å². The molecule has 1 saturated heterocycles. The first-order chi connectivity index (χ1) is 8.99. The molecule has 0 aliphatic carbocycles. The van der Waals surface area contributed by atoms with Gasteiger partial charge in [-0.05, 0) is 25.3 Å².